The number of nitrogens with two attached hydrogens (primary N) is 1. The minimum atomic E-state index is -3.87. The molecule has 3 rings (SSSR count). The van der Waals surface area contributed by atoms with E-state index in [0.29, 0.717) is 12.8 Å². The molecule has 1 fully saturated rings. The lowest BCUT2D eigenvalue weighted by Crippen LogP contribution is -2.54. The predicted molar refractivity (Wildman–Crippen MR) is 161 cm³/mol. The Balaban J connectivity index is 1.59. The average Bonchev–Trinajstić information content (AvgIpc) is 2.88. The molecule has 1 saturated carbocycles. The lowest BCUT2D eigenvalue weighted by Gasteiger charge is -2.33. The molecule has 41 heavy (non-hydrogen) atoms. The Bertz CT molecular complexity index is 1410. The van der Waals surface area contributed by atoms with Crippen molar-refractivity contribution in [3.63, 3.8) is 0 Å². The normalized spacial score (nSPS) is 17.2. The number of carbonyl (C=O) groups is 4. The number of hydrogen-bond acceptors (Lipinski definition) is 7. The molecule has 0 bridgehead atoms. The maximum Gasteiger partial charge on any atom is 0.412 e. The fourth-order valence-corrected chi connectivity index (χ4v) is 5.27. The third kappa shape index (κ3) is 9.97. The van der Waals surface area contributed by atoms with E-state index in [0.717, 1.165) is 16.4 Å². The number of nitrogens with one attached hydrogen (secondary N) is 4. The highest BCUT2D eigenvalue weighted by Crippen LogP contribution is 2.21. The largest absolute Gasteiger partial charge is 0.444 e. The molecular formula is C27H34IN5O7S. The van der Waals surface area contributed by atoms with Crippen LogP contribution in [0.3, 0.4) is 0 Å². The summed E-state index contributed by atoms with van der Waals surface area (Å²) in [5.41, 5.74) is -0.0483. The van der Waals surface area contributed by atoms with E-state index < -0.39 is 39.4 Å². The van der Waals surface area contributed by atoms with Gasteiger partial charge in [-0.1, -0.05) is 12.8 Å². The van der Waals surface area contributed by atoms with Crippen molar-refractivity contribution in [3.05, 3.63) is 57.2 Å². The van der Waals surface area contributed by atoms with Crippen LogP contribution in [0.5, 0.6) is 0 Å². The third-order valence-electron chi connectivity index (χ3n) is 6.15. The predicted octanol–water partition coefficient (Wildman–Crippen LogP) is 2.87. The van der Waals surface area contributed by atoms with Gasteiger partial charge in [-0.2, -0.15) is 0 Å². The minimum Gasteiger partial charge on any atom is -0.444 e. The molecule has 6 N–H and O–H groups in total. The van der Waals surface area contributed by atoms with Gasteiger partial charge < -0.3 is 20.7 Å². The Morgan fingerprint density at radius 1 is 0.951 bits per heavy atom. The first-order valence-corrected chi connectivity index (χ1v) is 15.6. The summed E-state index contributed by atoms with van der Waals surface area (Å²) in [4.78, 5) is 50.6. The molecule has 2 aromatic carbocycles. The van der Waals surface area contributed by atoms with Crippen molar-refractivity contribution in [2.75, 3.05) is 11.9 Å². The van der Waals surface area contributed by atoms with E-state index in [-0.39, 0.29) is 40.3 Å². The number of halogens is 1. The van der Waals surface area contributed by atoms with Crippen LogP contribution in [-0.2, 0) is 19.6 Å². The van der Waals surface area contributed by atoms with Gasteiger partial charge >= 0.3 is 6.09 Å². The van der Waals surface area contributed by atoms with Crippen LogP contribution in [0.2, 0.25) is 0 Å². The van der Waals surface area contributed by atoms with Crippen LogP contribution >= 0.6 is 22.6 Å². The summed E-state index contributed by atoms with van der Waals surface area (Å²) < 4.78 is 28.9. The van der Waals surface area contributed by atoms with Crippen LogP contribution in [0.4, 0.5) is 10.5 Å². The van der Waals surface area contributed by atoms with Gasteiger partial charge in [0.05, 0.1) is 22.7 Å². The zero-order valence-electron chi connectivity index (χ0n) is 23.0. The van der Waals surface area contributed by atoms with Crippen LogP contribution < -0.4 is 26.4 Å². The van der Waals surface area contributed by atoms with Gasteiger partial charge in [0.2, 0.25) is 15.9 Å². The highest BCUT2D eigenvalue weighted by atomic mass is 127. The number of ether oxygens (including phenoxy) is 1. The first-order chi connectivity index (χ1) is 19.1. The van der Waals surface area contributed by atoms with Gasteiger partial charge in [0.25, 0.3) is 11.8 Å². The summed E-state index contributed by atoms with van der Waals surface area (Å²) in [5, 5.41) is 16.1. The summed E-state index contributed by atoms with van der Waals surface area (Å²) in [6.45, 7) is 4.86. The van der Waals surface area contributed by atoms with Gasteiger partial charge in [-0.15, -0.1) is 0 Å². The molecule has 0 aromatic heterocycles. The number of rotatable bonds is 8. The number of primary sulfonamides is 1. The van der Waals surface area contributed by atoms with Gasteiger partial charge in [-0.3, -0.25) is 19.7 Å². The van der Waals surface area contributed by atoms with E-state index in [2.05, 4.69) is 21.3 Å². The van der Waals surface area contributed by atoms with E-state index >= 15 is 0 Å². The van der Waals surface area contributed by atoms with Crippen molar-refractivity contribution in [2.24, 2.45) is 5.14 Å². The minimum absolute atomic E-state index is 0.100. The van der Waals surface area contributed by atoms with Crippen LogP contribution in [0.25, 0.3) is 0 Å². The average molecular weight is 700 g/mol. The van der Waals surface area contributed by atoms with Gasteiger partial charge in [0.1, 0.15) is 5.60 Å². The topological polar surface area (TPSA) is 186 Å². The van der Waals surface area contributed by atoms with Crippen molar-refractivity contribution in [3.8, 4) is 0 Å². The van der Waals surface area contributed by atoms with Crippen molar-refractivity contribution >= 4 is 62.1 Å². The highest BCUT2D eigenvalue weighted by Gasteiger charge is 2.28. The van der Waals surface area contributed by atoms with Gasteiger partial charge in [-0.05, 0) is 98.7 Å². The maximum atomic E-state index is 12.9. The van der Waals surface area contributed by atoms with Crippen molar-refractivity contribution in [1.82, 2.24) is 16.0 Å². The number of carbonyl (C=O) groups excluding carboxylic acids is 4. The summed E-state index contributed by atoms with van der Waals surface area (Å²) in [7, 11) is -3.87. The second-order valence-electron chi connectivity index (χ2n) is 10.6. The Hall–Kier alpha value is -3.24. The van der Waals surface area contributed by atoms with Crippen LogP contribution in [0, 0.1) is 3.57 Å². The van der Waals surface area contributed by atoms with Gasteiger partial charge in [-0.25, -0.2) is 18.4 Å². The summed E-state index contributed by atoms with van der Waals surface area (Å²) in [5.74, 6) is -1.40. The molecule has 0 radical (unpaired) electrons. The lowest BCUT2D eigenvalue weighted by molar-refractivity contribution is -0.121. The van der Waals surface area contributed by atoms with E-state index in [1.54, 1.807) is 39.0 Å². The molecule has 0 spiro atoms. The van der Waals surface area contributed by atoms with Crippen LogP contribution in [0.15, 0.2) is 47.4 Å². The zero-order chi connectivity index (χ0) is 30.4. The molecule has 0 unspecified atom stereocenters. The highest BCUT2D eigenvalue weighted by molar-refractivity contribution is 14.1. The summed E-state index contributed by atoms with van der Waals surface area (Å²) in [6.07, 6.45) is 2.28. The number of benzene rings is 2. The molecule has 222 valence electrons. The van der Waals surface area contributed by atoms with Gasteiger partial charge in [0, 0.05) is 21.2 Å². The number of amides is 4. The number of hydrogen-bond donors (Lipinski definition) is 5. The first-order valence-electron chi connectivity index (χ1n) is 12.9. The van der Waals surface area contributed by atoms with Crippen molar-refractivity contribution in [2.45, 2.75) is 69.0 Å². The summed E-state index contributed by atoms with van der Waals surface area (Å²) in [6, 6.07) is 9.45. The fourth-order valence-electron chi connectivity index (χ4n) is 4.26. The maximum absolute atomic E-state index is 12.9. The number of sulfonamides is 1. The zero-order valence-corrected chi connectivity index (χ0v) is 25.9. The van der Waals surface area contributed by atoms with Crippen LogP contribution in [0.1, 0.15) is 67.2 Å². The molecule has 0 saturated heterocycles. The van der Waals surface area contributed by atoms with Crippen LogP contribution in [-0.4, -0.2) is 56.5 Å². The monoisotopic (exact) mass is 699 g/mol. The smallest absolute Gasteiger partial charge is 0.412 e. The van der Waals surface area contributed by atoms with Gasteiger partial charge in [0.15, 0.2) is 0 Å². The standard InChI is InChI=1S/C27H34IN5O7S/c1-27(2,3)40-26(37)33-20-13-10-17(28)14-19(20)25(36)30-15-23(34)31-21-6-4-5-7-22(21)32-24(35)16-8-11-18(12-9-16)41(29,38)39/h8-14,21-22H,4-7,15H2,1-3H3,(H,30,36)(H,31,34)(H,32,35)(H,33,37)(H2,29,38,39)/t21-,22+/m1/s1. The molecular weight excluding hydrogens is 665 g/mol. The van der Waals surface area contributed by atoms with E-state index in [1.807, 2.05) is 22.6 Å². The molecule has 0 aliphatic heterocycles. The molecule has 0 heterocycles. The third-order valence-corrected chi connectivity index (χ3v) is 7.75. The molecule has 2 aromatic rings. The molecule has 1 aliphatic carbocycles. The van der Waals surface area contributed by atoms with Crippen molar-refractivity contribution < 1.29 is 32.3 Å². The number of anilines is 1. The SMILES string of the molecule is CC(C)(C)OC(=O)Nc1ccc(I)cc1C(=O)NCC(=O)N[C@@H]1CCCC[C@@H]1NC(=O)c1ccc(S(N)(=O)=O)cc1. The quantitative estimate of drug-likeness (QED) is 0.262. The lowest BCUT2D eigenvalue weighted by atomic mass is 9.90. The van der Waals surface area contributed by atoms with E-state index in [1.165, 1.54) is 24.3 Å². The Morgan fingerprint density at radius 3 is 2.15 bits per heavy atom. The van der Waals surface area contributed by atoms with Crippen molar-refractivity contribution in [1.29, 1.82) is 0 Å². The van der Waals surface area contributed by atoms with E-state index in [9.17, 15) is 27.6 Å². The molecule has 12 nitrogen and oxygen atoms in total. The molecule has 2 atom stereocenters. The second kappa shape index (κ2) is 13.6. The Labute approximate surface area is 252 Å². The molecule has 4 amide bonds. The Kier molecular flexibility index (Phi) is 10.7. The fraction of sp³-hybridized carbons (Fsp3) is 0.407. The Morgan fingerprint density at radius 2 is 1.56 bits per heavy atom. The summed E-state index contributed by atoms with van der Waals surface area (Å²) >= 11 is 2.04. The second-order valence-corrected chi connectivity index (χ2v) is 13.4. The molecule has 1 aliphatic rings. The first kappa shape index (κ1) is 32.3. The molecule has 14 heteroatoms. The van der Waals surface area contributed by atoms with E-state index in [4.69, 9.17) is 9.88 Å².